The van der Waals surface area contributed by atoms with Crippen LogP contribution in [0.1, 0.15) is 73.6 Å². The van der Waals surface area contributed by atoms with Gasteiger partial charge in [-0.3, -0.25) is 14.5 Å². The Morgan fingerprint density at radius 3 is 2.44 bits per heavy atom. The highest BCUT2D eigenvalue weighted by Crippen LogP contribution is 2.40. The zero-order valence-electron chi connectivity index (χ0n) is 21.0. The van der Waals surface area contributed by atoms with Crippen LogP contribution in [0.25, 0.3) is 0 Å². The van der Waals surface area contributed by atoms with Gasteiger partial charge in [-0.1, -0.05) is 50.5 Å². The molecule has 4 rings (SSSR count). The Balaban J connectivity index is 1.41. The normalized spacial score (nSPS) is 19.7. The first-order valence-corrected chi connectivity index (χ1v) is 13.8. The number of benzene rings is 1. The predicted octanol–water partition coefficient (Wildman–Crippen LogP) is 5.03. The van der Waals surface area contributed by atoms with Crippen molar-refractivity contribution in [1.29, 1.82) is 0 Å². The third-order valence-corrected chi connectivity index (χ3v) is 8.53. The van der Waals surface area contributed by atoms with E-state index in [-0.39, 0.29) is 23.9 Å². The summed E-state index contributed by atoms with van der Waals surface area (Å²) in [5.41, 5.74) is 3.91. The minimum atomic E-state index is -0.200. The van der Waals surface area contributed by atoms with Gasteiger partial charge in [0.25, 0.3) is 0 Å². The predicted molar refractivity (Wildman–Crippen MR) is 139 cm³/mol. The van der Waals surface area contributed by atoms with Crippen molar-refractivity contribution < 1.29 is 9.59 Å². The summed E-state index contributed by atoms with van der Waals surface area (Å²) in [6, 6.07) is 10.7. The zero-order chi connectivity index (χ0) is 24.1. The molecule has 2 unspecified atom stereocenters. The van der Waals surface area contributed by atoms with Crippen LogP contribution >= 0.6 is 11.3 Å². The molecule has 0 saturated carbocycles. The third-order valence-electron chi connectivity index (χ3n) is 7.53. The van der Waals surface area contributed by atoms with Crippen LogP contribution in [-0.4, -0.2) is 65.3 Å². The maximum Gasteiger partial charge on any atom is 0.239 e. The van der Waals surface area contributed by atoms with Crippen LogP contribution < -0.4 is 0 Å². The van der Waals surface area contributed by atoms with E-state index < -0.39 is 0 Å². The van der Waals surface area contributed by atoms with Gasteiger partial charge in [0.05, 0.1) is 12.1 Å². The molecule has 0 bridgehead atoms. The second kappa shape index (κ2) is 11.5. The number of thiophene rings is 1. The Labute approximate surface area is 208 Å². The number of carbonyl (C=O) groups excluding carboxylic acids is 2. The summed E-state index contributed by atoms with van der Waals surface area (Å²) in [5, 5.41) is 2.18. The molecule has 0 radical (unpaired) electrons. The molecule has 0 N–H and O–H groups in total. The lowest BCUT2D eigenvalue weighted by Crippen LogP contribution is -2.56. The van der Waals surface area contributed by atoms with Gasteiger partial charge < -0.3 is 9.80 Å². The molecule has 184 valence electrons. The van der Waals surface area contributed by atoms with Crippen molar-refractivity contribution in [3.63, 3.8) is 0 Å². The van der Waals surface area contributed by atoms with Crippen molar-refractivity contribution in [2.24, 2.45) is 0 Å². The van der Waals surface area contributed by atoms with Crippen LogP contribution in [0.4, 0.5) is 0 Å². The largest absolute Gasteiger partial charge is 0.339 e. The number of hydrogen-bond donors (Lipinski definition) is 0. The van der Waals surface area contributed by atoms with Gasteiger partial charge in [-0.2, -0.15) is 0 Å². The van der Waals surface area contributed by atoms with Crippen LogP contribution in [0.5, 0.6) is 0 Å². The molecule has 2 aliphatic heterocycles. The molecule has 1 aromatic carbocycles. The Morgan fingerprint density at radius 1 is 0.971 bits per heavy atom. The van der Waals surface area contributed by atoms with E-state index in [2.05, 4.69) is 61.4 Å². The van der Waals surface area contributed by atoms with Crippen molar-refractivity contribution in [2.75, 3.05) is 32.7 Å². The summed E-state index contributed by atoms with van der Waals surface area (Å²) in [7, 11) is 0. The SMILES string of the molecule is CCCCCCC(=O)N1CCN(C(=O)C(C)N2CCc3sccc3C2c2ccccc2C)CC1. The first kappa shape index (κ1) is 24.9. The number of aryl methyl sites for hydroxylation is 1. The monoisotopic (exact) mass is 481 g/mol. The minimum Gasteiger partial charge on any atom is -0.339 e. The maximum absolute atomic E-state index is 13.6. The van der Waals surface area contributed by atoms with E-state index in [1.807, 2.05) is 21.1 Å². The summed E-state index contributed by atoms with van der Waals surface area (Å²) in [6.07, 6.45) is 6.11. The van der Waals surface area contributed by atoms with Crippen LogP contribution in [0.15, 0.2) is 35.7 Å². The minimum absolute atomic E-state index is 0.112. The lowest BCUT2D eigenvalue weighted by molar-refractivity contribution is -0.143. The van der Waals surface area contributed by atoms with Crippen LogP contribution in [0.2, 0.25) is 0 Å². The molecule has 1 saturated heterocycles. The highest BCUT2D eigenvalue weighted by atomic mass is 32.1. The van der Waals surface area contributed by atoms with Crippen molar-refractivity contribution in [3.05, 3.63) is 57.3 Å². The molecule has 3 heterocycles. The molecule has 6 heteroatoms. The Hall–Kier alpha value is -2.18. The van der Waals surface area contributed by atoms with Crippen LogP contribution in [-0.2, 0) is 16.0 Å². The lowest BCUT2D eigenvalue weighted by atomic mass is 9.89. The highest BCUT2D eigenvalue weighted by molar-refractivity contribution is 7.10. The Morgan fingerprint density at radius 2 is 1.71 bits per heavy atom. The molecular formula is C28H39N3O2S. The molecule has 1 aromatic heterocycles. The average Bonchev–Trinajstić information content (AvgIpc) is 3.35. The van der Waals surface area contributed by atoms with Gasteiger partial charge in [0, 0.05) is 44.0 Å². The van der Waals surface area contributed by atoms with Crippen molar-refractivity contribution in [1.82, 2.24) is 14.7 Å². The van der Waals surface area contributed by atoms with Crippen LogP contribution in [0.3, 0.4) is 0 Å². The van der Waals surface area contributed by atoms with Gasteiger partial charge >= 0.3 is 0 Å². The number of carbonyl (C=O) groups is 2. The van der Waals surface area contributed by atoms with Crippen molar-refractivity contribution in [2.45, 2.75) is 71.4 Å². The van der Waals surface area contributed by atoms with E-state index >= 15 is 0 Å². The number of hydrogen-bond acceptors (Lipinski definition) is 4. The average molecular weight is 482 g/mol. The molecule has 34 heavy (non-hydrogen) atoms. The van der Waals surface area contributed by atoms with E-state index in [0.29, 0.717) is 32.6 Å². The number of fused-ring (bicyclic) bond motifs is 1. The lowest BCUT2D eigenvalue weighted by Gasteiger charge is -2.43. The fraction of sp³-hybridized carbons (Fsp3) is 0.571. The fourth-order valence-electron chi connectivity index (χ4n) is 5.44. The molecule has 0 spiro atoms. The van der Waals surface area contributed by atoms with Gasteiger partial charge in [-0.15, -0.1) is 11.3 Å². The first-order valence-electron chi connectivity index (χ1n) is 12.9. The number of rotatable bonds is 8. The molecule has 1 fully saturated rings. The zero-order valence-corrected chi connectivity index (χ0v) is 21.8. The third kappa shape index (κ3) is 5.38. The van der Waals surface area contributed by atoms with Gasteiger partial charge in [0.15, 0.2) is 0 Å². The van der Waals surface area contributed by atoms with E-state index in [9.17, 15) is 9.59 Å². The van der Waals surface area contributed by atoms with Crippen molar-refractivity contribution in [3.8, 4) is 0 Å². The molecular weight excluding hydrogens is 442 g/mol. The van der Waals surface area contributed by atoms with Gasteiger partial charge in [0.1, 0.15) is 0 Å². The summed E-state index contributed by atoms with van der Waals surface area (Å²) in [5.74, 6) is 0.434. The topological polar surface area (TPSA) is 43.9 Å². The molecule has 0 aliphatic carbocycles. The van der Waals surface area contributed by atoms with E-state index in [1.54, 1.807) is 0 Å². The summed E-state index contributed by atoms with van der Waals surface area (Å²) in [4.78, 5) is 33.9. The smallest absolute Gasteiger partial charge is 0.239 e. The Bertz CT molecular complexity index is 980. The number of amides is 2. The number of nitrogens with zero attached hydrogens (tertiary/aromatic N) is 3. The molecule has 2 aromatic rings. The van der Waals surface area contributed by atoms with E-state index in [0.717, 1.165) is 25.8 Å². The summed E-state index contributed by atoms with van der Waals surface area (Å²) >= 11 is 1.83. The summed E-state index contributed by atoms with van der Waals surface area (Å²) in [6.45, 7) is 9.88. The molecule has 2 amide bonds. The highest BCUT2D eigenvalue weighted by Gasteiger charge is 2.37. The Kier molecular flexibility index (Phi) is 8.43. The van der Waals surface area contributed by atoms with Crippen molar-refractivity contribution >= 4 is 23.2 Å². The van der Waals surface area contributed by atoms with Gasteiger partial charge in [-0.25, -0.2) is 0 Å². The van der Waals surface area contributed by atoms with Gasteiger partial charge in [-0.05, 0) is 54.8 Å². The van der Waals surface area contributed by atoms with E-state index in [1.165, 1.54) is 34.4 Å². The second-order valence-electron chi connectivity index (χ2n) is 9.74. The quantitative estimate of drug-likeness (QED) is 0.497. The first-order chi connectivity index (χ1) is 16.5. The molecule has 5 nitrogen and oxygen atoms in total. The maximum atomic E-state index is 13.6. The fourth-order valence-corrected chi connectivity index (χ4v) is 6.34. The van der Waals surface area contributed by atoms with E-state index in [4.69, 9.17) is 0 Å². The molecule has 2 aliphatic rings. The second-order valence-corrected chi connectivity index (χ2v) is 10.7. The molecule has 2 atom stereocenters. The van der Waals surface area contributed by atoms with Crippen LogP contribution in [0, 0.1) is 6.92 Å². The standard InChI is InChI=1S/C28H39N3O2S/c1-4-5-6-7-12-26(32)29-16-18-30(19-17-29)28(33)22(3)31-15-13-25-24(14-20-34-25)27(31)23-11-9-8-10-21(23)2/h8-11,14,20,22,27H,4-7,12-13,15-19H2,1-3H3. The number of unbranched alkanes of at least 4 members (excludes halogenated alkanes) is 3. The van der Waals surface area contributed by atoms with Gasteiger partial charge in [0.2, 0.25) is 11.8 Å². The summed E-state index contributed by atoms with van der Waals surface area (Å²) < 4.78 is 0. The number of piperazine rings is 1.